The molecule has 4 rings (SSSR count). The Morgan fingerprint density at radius 3 is 2.27 bits per heavy atom. The lowest BCUT2D eigenvalue weighted by Crippen LogP contribution is -2.50. The van der Waals surface area contributed by atoms with Gasteiger partial charge in [-0.25, -0.2) is 0 Å². The number of piperazine rings is 1. The number of nitrogens with one attached hydrogen (secondary N) is 1. The molecule has 0 aliphatic carbocycles. The smallest absolute Gasteiger partial charge is 0.260 e. The van der Waals surface area contributed by atoms with Crippen LogP contribution in [0.4, 0.5) is 17.1 Å². The average molecular weight is 402 g/mol. The van der Waals surface area contributed by atoms with Crippen molar-refractivity contribution in [1.82, 2.24) is 4.90 Å². The minimum atomic E-state index is 0.0328. The molecule has 5 heteroatoms. The first-order valence-corrected chi connectivity index (χ1v) is 10.3. The number of rotatable bonds is 6. The summed E-state index contributed by atoms with van der Waals surface area (Å²) in [5.41, 5.74) is 4.49. The van der Waals surface area contributed by atoms with Crippen LogP contribution in [0.15, 0.2) is 78.9 Å². The fraction of sp³-hybridized carbons (Fsp3) is 0.240. The fourth-order valence-electron chi connectivity index (χ4n) is 3.60. The number of anilines is 3. The third kappa shape index (κ3) is 5.11. The number of carbonyl (C=O) groups is 1. The summed E-state index contributed by atoms with van der Waals surface area (Å²) in [4.78, 5) is 16.8. The number of hydrogen-bond donors (Lipinski definition) is 1. The molecule has 0 aromatic heterocycles. The zero-order chi connectivity index (χ0) is 20.8. The second kappa shape index (κ2) is 9.35. The highest BCUT2D eigenvalue weighted by Gasteiger charge is 2.21. The summed E-state index contributed by atoms with van der Waals surface area (Å²) in [6, 6.07) is 26.2. The molecule has 154 valence electrons. The van der Waals surface area contributed by atoms with Crippen molar-refractivity contribution in [3.8, 4) is 5.75 Å². The zero-order valence-corrected chi connectivity index (χ0v) is 17.3. The van der Waals surface area contributed by atoms with Gasteiger partial charge in [-0.15, -0.1) is 0 Å². The van der Waals surface area contributed by atoms with Crippen molar-refractivity contribution in [1.29, 1.82) is 0 Å². The fourth-order valence-corrected chi connectivity index (χ4v) is 3.60. The molecule has 30 heavy (non-hydrogen) atoms. The Morgan fingerprint density at radius 2 is 1.57 bits per heavy atom. The third-order valence-electron chi connectivity index (χ3n) is 5.28. The van der Waals surface area contributed by atoms with E-state index in [0.29, 0.717) is 5.75 Å². The highest BCUT2D eigenvalue weighted by Crippen LogP contribution is 2.21. The lowest BCUT2D eigenvalue weighted by molar-refractivity contribution is -0.133. The van der Waals surface area contributed by atoms with Crippen LogP contribution < -0.4 is 15.0 Å². The molecule has 1 saturated heterocycles. The molecule has 0 radical (unpaired) electrons. The maximum atomic E-state index is 12.5. The summed E-state index contributed by atoms with van der Waals surface area (Å²) in [6.07, 6.45) is 0. The van der Waals surface area contributed by atoms with E-state index in [1.165, 1.54) is 11.3 Å². The van der Waals surface area contributed by atoms with Crippen LogP contribution in [0.1, 0.15) is 5.56 Å². The van der Waals surface area contributed by atoms with Gasteiger partial charge in [-0.05, 0) is 61.0 Å². The molecule has 3 aromatic rings. The lowest BCUT2D eigenvalue weighted by Gasteiger charge is -2.36. The van der Waals surface area contributed by atoms with Gasteiger partial charge in [0.2, 0.25) is 0 Å². The van der Waals surface area contributed by atoms with Gasteiger partial charge >= 0.3 is 0 Å². The van der Waals surface area contributed by atoms with Crippen molar-refractivity contribution >= 4 is 23.0 Å². The van der Waals surface area contributed by atoms with E-state index in [0.717, 1.165) is 37.6 Å². The van der Waals surface area contributed by atoms with Gasteiger partial charge in [-0.3, -0.25) is 4.79 Å². The summed E-state index contributed by atoms with van der Waals surface area (Å²) < 4.78 is 5.72. The predicted octanol–water partition coefficient (Wildman–Crippen LogP) is 4.47. The number of aryl methyl sites for hydroxylation is 1. The van der Waals surface area contributed by atoms with E-state index in [2.05, 4.69) is 41.4 Å². The topological polar surface area (TPSA) is 44.8 Å². The van der Waals surface area contributed by atoms with Crippen LogP contribution in [0.25, 0.3) is 0 Å². The second-order valence-corrected chi connectivity index (χ2v) is 7.51. The van der Waals surface area contributed by atoms with Gasteiger partial charge < -0.3 is 19.9 Å². The van der Waals surface area contributed by atoms with Crippen LogP contribution in [0.3, 0.4) is 0 Å². The van der Waals surface area contributed by atoms with Gasteiger partial charge in [0, 0.05) is 43.2 Å². The van der Waals surface area contributed by atoms with Gasteiger partial charge in [-0.2, -0.15) is 0 Å². The molecule has 5 nitrogen and oxygen atoms in total. The summed E-state index contributed by atoms with van der Waals surface area (Å²) in [5.74, 6) is 0.728. The van der Waals surface area contributed by atoms with Crippen molar-refractivity contribution in [3.63, 3.8) is 0 Å². The molecule has 1 heterocycles. The average Bonchev–Trinajstić information content (AvgIpc) is 2.79. The molecule has 1 fully saturated rings. The Labute approximate surface area is 177 Å². The van der Waals surface area contributed by atoms with Gasteiger partial charge in [0.1, 0.15) is 5.75 Å². The largest absolute Gasteiger partial charge is 0.484 e. The predicted molar refractivity (Wildman–Crippen MR) is 122 cm³/mol. The molecule has 3 aromatic carbocycles. The minimum absolute atomic E-state index is 0.0328. The summed E-state index contributed by atoms with van der Waals surface area (Å²) in [5, 5.41) is 3.33. The number of nitrogens with zero attached hydrogens (tertiary/aromatic N) is 2. The highest BCUT2D eigenvalue weighted by atomic mass is 16.5. The van der Waals surface area contributed by atoms with Gasteiger partial charge in [-0.1, -0.05) is 30.3 Å². The first-order chi connectivity index (χ1) is 14.7. The van der Waals surface area contributed by atoms with Gasteiger partial charge in [0.25, 0.3) is 5.91 Å². The summed E-state index contributed by atoms with van der Waals surface area (Å²) >= 11 is 0. The molecular formula is C25H27N3O2. The second-order valence-electron chi connectivity index (χ2n) is 7.51. The Balaban J connectivity index is 1.24. The summed E-state index contributed by atoms with van der Waals surface area (Å²) in [7, 11) is 0. The monoisotopic (exact) mass is 401 g/mol. The standard InChI is InChI=1S/C25H27N3O2/c1-20-6-5-9-23(18-20)27-14-16-28(17-15-27)25(29)19-30-24-12-10-22(11-13-24)26-21-7-3-2-4-8-21/h2-13,18,26H,14-17,19H2,1H3. The zero-order valence-electron chi connectivity index (χ0n) is 17.3. The first-order valence-electron chi connectivity index (χ1n) is 10.3. The molecule has 0 atom stereocenters. The molecule has 0 saturated carbocycles. The van der Waals surface area contributed by atoms with Crippen LogP contribution in [-0.4, -0.2) is 43.6 Å². The Kier molecular flexibility index (Phi) is 6.18. The number of amides is 1. The van der Waals surface area contributed by atoms with E-state index in [9.17, 15) is 4.79 Å². The number of hydrogen-bond acceptors (Lipinski definition) is 4. The van der Waals surface area contributed by atoms with E-state index in [1.54, 1.807) is 0 Å². The van der Waals surface area contributed by atoms with E-state index >= 15 is 0 Å². The number of ether oxygens (including phenoxy) is 1. The molecule has 1 aliphatic rings. The minimum Gasteiger partial charge on any atom is -0.484 e. The maximum Gasteiger partial charge on any atom is 0.260 e. The van der Waals surface area contributed by atoms with Crippen molar-refractivity contribution in [2.24, 2.45) is 0 Å². The van der Waals surface area contributed by atoms with Crippen LogP contribution in [0.2, 0.25) is 0 Å². The molecule has 0 spiro atoms. The van der Waals surface area contributed by atoms with Crippen LogP contribution in [0.5, 0.6) is 5.75 Å². The highest BCUT2D eigenvalue weighted by molar-refractivity contribution is 5.78. The first kappa shape index (κ1) is 19.8. The number of para-hydroxylation sites is 1. The molecule has 1 aliphatic heterocycles. The van der Waals surface area contributed by atoms with E-state index in [1.807, 2.05) is 59.5 Å². The molecule has 0 bridgehead atoms. The quantitative estimate of drug-likeness (QED) is 0.662. The van der Waals surface area contributed by atoms with Gasteiger partial charge in [0.05, 0.1) is 0 Å². The van der Waals surface area contributed by atoms with Gasteiger partial charge in [0.15, 0.2) is 6.61 Å². The van der Waals surface area contributed by atoms with E-state index < -0.39 is 0 Å². The van der Waals surface area contributed by atoms with Crippen molar-refractivity contribution < 1.29 is 9.53 Å². The molecule has 1 N–H and O–H groups in total. The van der Waals surface area contributed by atoms with Crippen LogP contribution >= 0.6 is 0 Å². The van der Waals surface area contributed by atoms with Crippen LogP contribution in [0, 0.1) is 6.92 Å². The Hall–Kier alpha value is -3.47. The third-order valence-corrected chi connectivity index (χ3v) is 5.28. The molecular weight excluding hydrogens is 374 g/mol. The van der Waals surface area contributed by atoms with Crippen molar-refractivity contribution in [3.05, 3.63) is 84.4 Å². The van der Waals surface area contributed by atoms with E-state index in [-0.39, 0.29) is 12.5 Å². The SMILES string of the molecule is Cc1cccc(N2CCN(C(=O)COc3ccc(Nc4ccccc4)cc3)CC2)c1. The summed E-state index contributed by atoms with van der Waals surface area (Å²) in [6.45, 7) is 5.29. The van der Waals surface area contributed by atoms with E-state index in [4.69, 9.17) is 4.74 Å². The van der Waals surface area contributed by atoms with Crippen molar-refractivity contribution in [2.45, 2.75) is 6.92 Å². The lowest BCUT2D eigenvalue weighted by atomic mass is 10.2. The molecule has 1 amide bonds. The Morgan fingerprint density at radius 1 is 0.867 bits per heavy atom. The number of carbonyl (C=O) groups excluding carboxylic acids is 1. The maximum absolute atomic E-state index is 12.5. The van der Waals surface area contributed by atoms with Crippen molar-refractivity contribution in [2.75, 3.05) is 43.0 Å². The Bertz CT molecular complexity index is 965. The van der Waals surface area contributed by atoms with Crippen LogP contribution in [-0.2, 0) is 4.79 Å². The number of benzene rings is 3. The molecule has 0 unspecified atom stereocenters. The normalized spacial score (nSPS) is 13.8.